The fourth-order valence-electron chi connectivity index (χ4n) is 2.39. The first-order valence-corrected chi connectivity index (χ1v) is 7.03. The van der Waals surface area contributed by atoms with Gasteiger partial charge < -0.3 is 20.0 Å². The van der Waals surface area contributed by atoms with Crippen LogP contribution in [-0.4, -0.2) is 74.2 Å². The van der Waals surface area contributed by atoms with Gasteiger partial charge in [-0.25, -0.2) is 0 Å². The molecule has 1 aliphatic heterocycles. The minimum absolute atomic E-state index is 0.619. The predicted molar refractivity (Wildman–Crippen MR) is 82.6 cm³/mol. The van der Waals surface area contributed by atoms with Gasteiger partial charge in [-0.05, 0) is 26.9 Å². The van der Waals surface area contributed by atoms with Crippen LogP contribution in [0.15, 0.2) is 0 Å². The molecule has 112 valence electrons. The summed E-state index contributed by atoms with van der Waals surface area (Å²) >= 11 is 0. The highest BCUT2D eigenvalue weighted by molar-refractivity contribution is 5.44. The van der Waals surface area contributed by atoms with Gasteiger partial charge in [-0.15, -0.1) is 0 Å². The zero-order valence-corrected chi connectivity index (χ0v) is 13.1. The summed E-state index contributed by atoms with van der Waals surface area (Å²) in [4.78, 5) is 19.8. The molecule has 20 heavy (non-hydrogen) atoms. The van der Waals surface area contributed by atoms with E-state index < -0.39 is 0 Å². The van der Waals surface area contributed by atoms with Crippen LogP contribution >= 0.6 is 0 Å². The lowest BCUT2D eigenvalue weighted by atomic mass is 10.0. The molecule has 0 aliphatic carbocycles. The van der Waals surface area contributed by atoms with Crippen molar-refractivity contribution in [2.75, 3.05) is 63.4 Å². The Morgan fingerprint density at radius 2 is 1.70 bits per heavy atom. The highest BCUT2D eigenvalue weighted by Crippen LogP contribution is 2.21. The normalized spacial score (nSPS) is 16.6. The van der Waals surface area contributed by atoms with Crippen molar-refractivity contribution in [3.8, 4) is 0 Å². The minimum atomic E-state index is 0.619. The van der Waals surface area contributed by atoms with E-state index in [1.807, 2.05) is 26.0 Å². The van der Waals surface area contributed by atoms with E-state index in [1.165, 1.54) is 0 Å². The van der Waals surface area contributed by atoms with Gasteiger partial charge in [-0.2, -0.15) is 15.0 Å². The fraction of sp³-hybridized carbons (Fsp3) is 0.769. The van der Waals surface area contributed by atoms with Crippen LogP contribution in [0.1, 0.15) is 12.8 Å². The van der Waals surface area contributed by atoms with E-state index in [9.17, 15) is 0 Å². The van der Waals surface area contributed by atoms with Gasteiger partial charge in [0, 0.05) is 40.3 Å². The van der Waals surface area contributed by atoms with Gasteiger partial charge in [0.15, 0.2) is 0 Å². The molecule has 2 heterocycles. The van der Waals surface area contributed by atoms with Crippen LogP contribution in [0, 0.1) is 0 Å². The second kappa shape index (κ2) is 6.21. The van der Waals surface area contributed by atoms with E-state index in [0.717, 1.165) is 31.9 Å². The van der Waals surface area contributed by atoms with E-state index >= 15 is 0 Å². The van der Waals surface area contributed by atoms with E-state index in [0.29, 0.717) is 17.9 Å². The molecule has 1 saturated heterocycles. The molecule has 0 atom stereocenters. The molecule has 2 rings (SSSR count). The van der Waals surface area contributed by atoms with Crippen molar-refractivity contribution in [3.05, 3.63) is 0 Å². The van der Waals surface area contributed by atoms with Crippen molar-refractivity contribution in [2.45, 2.75) is 18.9 Å². The highest BCUT2D eigenvalue weighted by Gasteiger charge is 2.23. The molecular formula is C13H25N7. The van der Waals surface area contributed by atoms with Crippen LogP contribution in [0.5, 0.6) is 0 Å². The molecule has 0 aromatic carbocycles. The average Bonchev–Trinajstić information content (AvgIpc) is 2.46. The Bertz CT molecular complexity index is 438. The monoisotopic (exact) mass is 279 g/mol. The lowest BCUT2D eigenvalue weighted by Gasteiger charge is -2.35. The van der Waals surface area contributed by atoms with Crippen LogP contribution in [0.4, 0.5) is 17.8 Å². The molecule has 1 aromatic heterocycles. The first-order chi connectivity index (χ1) is 9.51. The van der Waals surface area contributed by atoms with Gasteiger partial charge in [0.1, 0.15) is 0 Å². The Labute approximate surface area is 121 Å². The summed E-state index contributed by atoms with van der Waals surface area (Å²) in [6.45, 7) is 1.98. The topological polar surface area (TPSA) is 60.4 Å². The average molecular weight is 279 g/mol. The third-order valence-electron chi connectivity index (χ3n) is 3.71. The van der Waals surface area contributed by atoms with Gasteiger partial charge in [0.2, 0.25) is 17.8 Å². The zero-order valence-electron chi connectivity index (χ0n) is 13.1. The van der Waals surface area contributed by atoms with Gasteiger partial charge >= 0.3 is 0 Å². The fourth-order valence-corrected chi connectivity index (χ4v) is 2.39. The Morgan fingerprint density at radius 1 is 1.05 bits per heavy atom. The van der Waals surface area contributed by atoms with E-state index in [4.69, 9.17) is 0 Å². The van der Waals surface area contributed by atoms with Crippen molar-refractivity contribution in [2.24, 2.45) is 0 Å². The number of aromatic nitrogens is 3. The number of anilines is 3. The lowest BCUT2D eigenvalue weighted by Crippen LogP contribution is -2.42. The first kappa shape index (κ1) is 14.8. The molecule has 7 heteroatoms. The summed E-state index contributed by atoms with van der Waals surface area (Å²) in [5.74, 6) is 2.08. The number of piperidine rings is 1. The summed E-state index contributed by atoms with van der Waals surface area (Å²) in [7, 11) is 10.0. The number of hydrogen-bond donors (Lipinski definition) is 1. The number of nitrogens with one attached hydrogen (secondary N) is 1. The molecule has 0 bridgehead atoms. The number of hydrogen-bond acceptors (Lipinski definition) is 7. The molecule has 1 aliphatic rings. The van der Waals surface area contributed by atoms with Gasteiger partial charge in [0.05, 0.1) is 0 Å². The van der Waals surface area contributed by atoms with Gasteiger partial charge in [-0.3, -0.25) is 0 Å². The minimum Gasteiger partial charge on any atom is -0.357 e. The SMILES string of the molecule is CNc1nc(N(C)C)nc(N2CCC(N(C)C)CC2)n1. The zero-order chi connectivity index (χ0) is 14.7. The summed E-state index contributed by atoms with van der Waals surface area (Å²) in [6, 6.07) is 0.658. The molecule has 1 N–H and O–H groups in total. The van der Waals surface area contributed by atoms with Crippen LogP contribution in [0.25, 0.3) is 0 Å². The third kappa shape index (κ3) is 3.27. The maximum absolute atomic E-state index is 4.55. The maximum Gasteiger partial charge on any atom is 0.231 e. The van der Waals surface area contributed by atoms with Gasteiger partial charge in [-0.1, -0.05) is 0 Å². The molecule has 0 saturated carbocycles. The van der Waals surface area contributed by atoms with Crippen LogP contribution in [-0.2, 0) is 0 Å². The molecule has 1 fully saturated rings. The van der Waals surface area contributed by atoms with Crippen LogP contribution in [0.3, 0.4) is 0 Å². The molecule has 0 unspecified atom stereocenters. The molecule has 0 spiro atoms. The van der Waals surface area contributed by atoms with Crippen molar-refractivity contribution in [3.63, 3.8) is 0 Å². The Morgan fingerprint density at radius 3 is 2.20 bits per heavy atom. The number of rotatable bonds is 4. The van der Waals surface area contributed by atoms with Crippen molar-refractivity contribution < 1.29 is 0 Å². The Kier molecular flexibility index (Phi) is 4.59. The standard InChI is InChI=1S/C13H25N7/c1-14-11-15-12(19(4)5)17-13(16-11)20-8-6-10(7-9-20)18(2)3/h10H,6-9H2,1-5H3,(H,14,15,16,17). The number of nitrogens with zero attached hydrogens (tertiary/aromatic N) is 6. The second-order valence-electron chi connectivity index (χ2n) is 5.59. The molecule has 0 radical (unpaired) electrons. The molecule has 7 nitrogen and oxygen atoms in total. The Balaban J connectivity index is 2.15. The van der Waals surface area contributed by atoms with E-state index in [1.54, 1.807) is 0 Å². The van der Waals surface area contributed by atoms with Gasteiger partial charge in [0.25, 0.3) is 0 Å². The summed E-state index contributed by atoms with van der Waals surface area (Å²) in [5.41, 5.74) is 0. The van der Waals surface area contributed by atoms with Crippen molar-refractivity contribution >= 4 is 17.8 Å². The van der Waals surface area contributed by atoms with Crippen LogP contribution < -0.4 is 15.1 Å². The largest absolute Gasteiger partial charge is 0.357 e. The maximum atomic E-state index is 4.55. The predicted octanol–water partition coefficient (Wildman–Crippen LogP) is 0.510. The molecule has 0 amide bonds. The quantitative estimate of drug-likeness (QED) is 0.861. The summed E-state index contributed by atoms with van der Waals surface area (Å²) in [6.07, 6.45) is 2.29. The summed E-state index contributed by atoms with van der Waals surface area (Å²) in [5, 5.41) is 3.00. The van der Waals surface area contributed by atoms with Crippen molar-refractivity contribution in [1.29, 1.82) is 0 Å². The first-order valence-electron chi connectivity index (χ1n) is 7.03. The Hall–Kier alpha value is -1.63. The second-order valence-corrected chi connectivity index (χ2v) is 5.59. The van der Waals surface area contributed by atoms with E-state index in [-0.39, 0.29) is 0 Å². The third-order valence-corrected chi connectivity index (χ3v) is 3.71. The van der Waals surface area contributed by atoms with E-state index in [2.05, 4.69) is 44.2 Å². The molecular weight excluding hydrogens is 254 g/mol. The molecule has 1 aromatic rings. The highest BCUT2D eigenvalue weighted by atomic mass is 15.4. The smallest absolute Gasteiger partial charge is 0.231 e. The van der Waals surface area contributed by atoms with Crippen LogP contribution in [0.2, 0.25) is 0 Å². The van der Waals surface area contributed by atoms with Crippen molar-refractivity contribution in [1.82, 2.24) is 19.9 Å². The summed E-state index contributed by atoms with van der Waals surface area (Å²) < 4.78 is 0. The lowest BCUT2D eigenvalue weighted by molar-refractivity contribution is 0.249.